The monoisotopic (exact) mass is 342 g/mol. The lowest BCUT2D eigenvalue weighted by Crippen LogP contribution is -2.35. The van der Waals surface area contributed by atoms with Gasteiger partial charge in [-0.2, -0.15) is 5.10 Å². The van der Waals surface area contributed by atoms with Crippen molar-refractivity contribution in [3.63, 3.8) is 0 Å². The molecule has 0 aliphatic heterocycles. The van der Waals surface area contributed by atoms with Gasteiger partial charge in [0, 0.05) is 12.1 Å². The molecule has 130 valence electrons. The molecule has 0 saturated heterocycles. The third-order valence-electron chi connectivity index (χ3n) is 3.36. The molecule has 0 radical (unpaired) electrons. The van der Waals surface area contributed by atoms with E-state index in [9.17, 15) is 14.9 Å². The maximum absolute atomic E-state index is 12.1. The van der Waals surface area contributed by atoms with Gasteiger partial charge in [-0.3, -0.25) is 14.9 Å². The Morgan fingerprint density at radius 2 is 1.92 bits per heavy atom. The Morgan fingerprint density at radius 1 is 1.24 bits per heavy atom. The summed E-state index contributed by atoms with van der Waals surface area (Å²) in [6.45, 7) is 1.70. The summed E-state index contributed by atoms with van der Waals surface area (Å²) in [7, 11) is 1.56. The number of non-ortho nitro benzene ring substituents is 1. The number of benzene rings is 2. The third kappa shape index (κ3) is 5.03. The molecule has 1 atom stereocenters. The van der Waals surface area contributed by atoms with E-state index in [-0.39, 0.29) is 11.6 Å². The second-order valence-corrected chi connectivity index (χ2v) is 5.15. The molecule has 0 aliphatic carbocycles. The highest BCUT2D eigenvalue weighted by molar-refractivity contribution is 5.86. The first-order chi connectivity index (χ1) is 12.0. The Hall–Kier alpha value is -3.42. The summed E-state index contributed by atoms with van der Waals surface area (Å²) >= 11 is 0. The number of nitrogens with zero attached hydrogens (tertiary/aromatic N) is 2. The van der Waals surface area contributed by atoms with Crippen LogP contribution in [-0.2, 0) is 4.79 Å². The summed E-state index contributed by atoms with van der Waals surface area (Å²) in [5.41, 5.74) is 3.75. The van der Waals surface area contributed by atoms with Crippen LogP contribution in [0.2, 0.25) is 0 Å². The van der Waals surface area contributed by atoms with Crippen LogP contribution in [0.15, 0.2) is 53.6 Å². The van der Waals surface area contributed by atoms with E-state index in [0.717, 1.165) is 0 Å². The minimum atomic E-state index is -0.537. The van der Waals surface area contributed by atoms with Crippen molar-refractivity contribution < 1.29 is 14.5 Å². The predicted octanol–water partition coefficient (Wildman–Crippen LogP) is 2.55. The number of ether oxygens (including phenoxy) is 1. The van der Waals surface area contributed by atoms with Gasteiger partial charge in [0.1, 0.15) is 11.8 Å². The zero-order chi connectivity index (χ0) is 18.2. The molecule has 8 heteroatoms. The van der Waals surface area contributed by atoms with Crippen LogP contribution in [-0.4, -0.2) is 30.2 Å². The number of hydrazone groups is 1. The van der Waals surface area contributed by atoms with E-state index in [4.69, 9.17) is 4.74 Å². The van der Waals surface area contributed by atoms with E-state index in [1.165, 1.54) is 18.3 Å². The molecule has 0 saturated carbocycles. The highest BCUT2D eigenvalue weighted by Crippen LogP contribution is 2.23. The number of carbonyl (C=O) groups excluding carboxylic acids is 1. The lowest BCUT2D eigenvalue weighted by atomic mass is 10.2. The fraction of sp³-hybridized carbons (Fsp3) is 0.176. The van der Waals surface area contributed by atoms with Gasteiger partial charge in [0.2, 0.25) is 0 Å². The molecule has 0 unspecified atom stereocenters. The first kappa shape index (κ1) is 17.9. The van der Waals surface area contributed by atoms with Crippen molar-refractivity contribution in [2.24, 2.45) is 5.10 Å². The van der Waals surface area contributed by atoms with Gasteiger partial charge in [-0.1, -0.05) is 12.1 Å². The molecular weight excluding hydrogens is 324 g/mol. The lowest BCUT2D eigenvalue weighted by molar-refractivity contribution is -0.384. The SMILES string of the molecule is COc1ccccc1N[C@H](C)C(=O)N/N=C\c1ccc([N+](=O)[O-])cc1. The number of nitro benzene ring substituents is 1. The number of amides is 1. The van der Waals surface area contributed by atoms with E-state index in [1.807, 2.05) is 18.2 Å². The molecule has 2 aromatic carbocycles. The minimum absolute atomic E-state index is 0.00387. The van der Waals surface area contributed by atoms with Crippen LogP contribution in [0.4, 0.5) is 11.4 Å². The maximum Gasteiger partial charge on any atom is 0.269 e. The van der Waals surface area contributed by atoms with Gasteiger partial charge < -0.3 is 10.1 Å². The van der Waals surface area contributed by atoms with Crippen LogP contribution in [0, 0.1) is 10.1 Å². The van der Waals surface area contributed by atoms with E-state index >= 15 is 0 Å². The van der Waals surface area contributed by atoms with E-state index in [1.54, 1.807) is 32.2 Å². The molecule has 25 heavy (non-hydrogen) atoms. The van der Waals surface area contributed by atoms with Crippen LogP contribution >= 0.6 is 0 Å². The second-order valence-electron chi connectivity index (χ2n) is 5.15. The van der Waals surface area contributed by atoms with Gasteiger partial charge in [-0.25, -0.2) is 5.43 Å². The summed E-state index contributed by atoms with van der Waals surface area (Å²) in [6, 6.07) is 12.6. The predicted molar refractivity (Wildman–Crippen MR) is 94.9 cm³/mol. The van der Waals surface area contributed by atoms with Gasteiger partial charge in [0.15, 0.2) is 0 Å². The smallest absolute Gasteiger partial charge is 0.269 e. The summed E-state index contributed by atoms with van der Waals surface area (Å²) in [4.78, 5) is 22.2. The normalized spacial score (nSPS) is 11.8. The molecule has 0 spiro atoms. The van der Waals surface area contributed by atoms with Gasteiger partial charge in [0.05, 0.1) is 23.9 Å². The number of anilines is 1. The summed E-state index contributed by atoms with van der Waals surface area (Å²) in [5.74, 6) is 0.306. The van der Waals surface area contributed by atoms with Crippen molar-refractivity contribution in [1.29, 1.82) is 0 Å². The van der Waals surface area contributed by atoms with Gasteiger partial charge in [-0.15, -0.1) is 0 Å². The maximum atomic E-state index is 12.1. The van der Waals surface area contributed by atoms with Crippen molar-refractivity contribution in [1.82, 2.24) is 5.43 Å². The first-order valence-corrected chi connectivity index (χ1v) is 7.48. The number of methoxy groups -OCH3 is 1. The number of nitrogens with one attached hydrogen (secondary N) is 2. The van der Waals surface area contributed by atoms with Crippen molar-refractivity contribution in [2.75, 3.05) is 12.4 Å². The Labute approximate surface area is 144 Å². The third-order valence-corrected chi connectivity index (χ3v) is 3.36. The van der Waals surface area contributed by atoms with Crippen molar-refractivity contribution >= 4 is 23.5 Å². The fourth-order valence-corrected chi connectivity index (χ4v) is 2.01. The molecule has 2 N–H and O–H groups in total. The molecule has 0 aliphatic rings. The second kappa shape index (κ2) is 8.44. The zero-order valence-electron chi connectivity index (χ0n) is 13.8. The van der Waals surface area contributed by atoms with Crippen molar-refractivity contribution in [3.05, 3.63) is 64.2 Å². The molecule has 0 fully saturated rings. The fourth-order valence-electron chi connectivity index (χ4n) is 2.01. The highest BCUT2D eigenvalue weighted by atomic mass is 16.6. The van der Waals surface area contributed by atoms with Crippen LogP contribution in [0.3, 0.4) is 0 Å². The quantitative estimate of drug-likeness (QED) is 0.457. The Balaban J connectivity index is 1.91. The molecule has 0 bridgehead atoms. The molecule has 1 amide bonds. The molecule has 2 rings (SSSR count). The molecule has 0 aromatic heterocycles. The number of rotatable bonds is 7. The van der Waals surface area contributed by atoms with Gasteiger partial charge in [-0.05, 0) is 36.8 Å². The number of hydrogen-bond acceptors (Lipinski definition) is 6. The molecule has 8 nitrogen and oxygen atoms in total. The minimum Gasteiger partial charge on any atom is -0.495 e. The zero-order valence-corrected chi connectivity index (χ0v) is 13.8. The van der Waals surface area contributed by atoms with Crippen LogP contribution in [0.5, 0.6) is 5.75 Å². The molecule has 2 aromatic rings. The van der Waals surface area contributed by atoms with Gasteiger partial charge in [0.25, 0.3) is 11.6 Å². The van der Waals surface area contributed by atoms with Crippen LogP contribution in [0.25, 0.3) is 0 Å². The topological polar surface area (TPSA) is 106 Å². The largest absolute Gasteiger partial charge is 0.495 e. The number of para-hydroxylation sites is 2. The van der Waals surface area contributed by atoms with Crippen LogP contribution in [0.1, 0.15) is 12.5 Å². The lowest BCUT2D eigenvalue weighted by Gasteiger charge is -2.15. The number of hydrogen-bond donors (Lipinski definition) is 2. The van der Waals surface area contributed by atoms with Gasteiger partial charge >= 0.3 is 0 Å². The average Bonchev–Trinajstić information content (AvgIpc) is 2.62. The number of nitro groups is 1. The summed E-state index contributed by atoms with van der Waals surface area (Å²) < 4.78 is 5.22. The van der Waals surface area contributed by atoms with E-state index < -0.39 is 11.0 Å². The summed E-state index contributed by atoms with van der Waals surface area (Å²) in [5, 5.41) is 17.5. The standard InChI is InChI=1S/C17H18N4O4/c1-12(19-15-5-3-4-6-16(15)25-2)17(22)20-18-11-13-7-9-14(10-8-13)21(23)24/h3-12,19H,1-2H3,(H,20,22)/b18-11-/t12-/m1/s1. The Morgan fingerprint density at radius 3 is 2.56 bits per heavy atom. The van der Waals surface area contributed by atoms with Crippen LogP contribution < -0.4 is 15.5 Å². The molecular formula is C17H18N4O4. The first-order valence-electron chi connectivity index (χ1n) is 7.48. The Kier molecular flexibility index (Phi) is 6.05. The summed E-state index contributed by atoms with van der Waals surface area (Å²) in [6.07, 6.45) is 1.41. The number of carbonyl (C=O) groups is 1. The van der Waals surface area contributed by atoms with E-state index in [2.05, 4.69) is 15.8 Å². The highest BCUT2D eigenvalue weighted by Gasteiger charge is 2.13. The van der Waals surface area contributed by atoms with E-state index in [0.29, 0.717) is 17.0 Å². The molecule has 0 heterocycles. The average molecular weight is 342 g/mol. The van der Waals surface area contributed by atoms with Crippen molar-refractivity contribution in [2.45, 2.75) is 13.0 Å². The Bertz CT molecular complexity index is 774. The van der Waals surface area contributed by atoms with Crippen molar-refractivity contribution in [3.8, 4) is 5.75 Å².